The molecule has 1 aliphatic rings. The van der Waals surface area contributed by atoms with E-state index in [9.17, 15) is 9.18 Å². The van der Waals surface area contributed by atoms with Gasteiger partial charge in [-0.15, -0.1) is 0 Å². The van der Waals surface area contributed by atoms with Crippen molar-refractivity contribution in [2.75, 3.05) is 13.1 Å². The van der Waals surface area contributed by atoms with Gasteiger partial charge >= 0.3 is 0 Å². The van der Waals surface area contributed by atoms with Gasteiger partial charge in [0.25, 0.3) is 0 Å². The molecule has 2 aromatic rings. The molecular weight excluding hydrogens is 319 g/mol. The number of nitrogens with zero attached hydrogens (tertiary/aromatic N) is 2. The second kappa shape index (κ2) is 7.83. The van der Waals surface area contributed by atoms with Crippen molar-refractivity contribution in [2.45, 2.75) is 39.4 Å². The molecular formula is C20H25FN2O2. The van der Waals surface area contributed by atoms with Crippen LogP contribution in [0, 0.1) is 11.7 Å². The Morgan fingerprint density at radius 2 is 1.96 bits per heavy atom. The summed E-state index contributed by atoms with van der Waals surface area (Å²) in [5, 5.41) is 0. The molecule has 0 saturated carbocycles. The molecule has 25 heavy (non-hydrogen) atoms. The number of hydrogen-bond acceptors (Lipinski definition) is 3. The van der Waals surface area contributed by atoms with Crippen molar-refractivity contribution in [3.63, 3.8) is 0 Å². The highest BCUT2D eigenvalue weighted by molar-refractivity contribution is 5.77. The number of benzene rings is 1. The van der Waals surface area contributed by atoms with E-state index in [0.717, 1.165) is 24.4 Å². The van der Waals surface area contributed by atoms with Crippen molar-refractivity contribution in [3.8, 4) is 0 Å². The van der Waals surface area contributed by atoms with Gasteiger partial charge in [-0.2, -0.15) is 0 Å². The lowest BCUT2D eigenvalue weighted by Gasteiger charge is -2.34. The first-order valence-electron chi connectivity index (χ1n) is 8.81. The van der Waals surface area contributed by atoms with Crippen LogP contribution in [-0.2, 0) is 17.9 Å². The first-order valence-corrected chi connectivity index (χ1v) is 8.81. The third kappa shape index (κ3) is 4.48. The van der Waals surface area contributed by atoms with E-state index in [4.69, 9.17) is 4.42 Å². The van der Waals surface area contributed by atoms with Gasteiger partial charge in [0.1, 0.15) is 11.6 Å². The summed E-state index contributed by atoms with van der Waals surface area (Å²) in [6.07, 6.45) is 2.17. The summed E-state index contributed by atoms with van der Waals surface area (Å²) >= 11 is 0. The van der Waals surface area contributed by atoms with Gasteiger partial charge in [0.05, 0.1) is 12.8 Å². The second-order valence-corrected chi connectivity index (χ2v) is 7.02. The Balaban J connectivity index is 1.76. The summed E-state index contributed by atoms with van der Waals surface area (Å²) in [6, 6.07) is 10.4. The Morgan fingerprint density at radius 1 is 1.20 bits per heavy atom. The Hall–Kier alpha value is -2.14. The molecule has 4 nitrogen and oxygen atoms in total. The Morgan fingerprint density at radius 3 is 2.60 bits per heavy atom. The maximum Gasteiger partial charge on any atom is 0.224 e. The zero-order valence-corrected chi connectivity index (χ0v) is 14.8. The van der Waals surface area contributed by atoms with Crippen molar-refractivity contribution in [1.29, 1.82) is 0 Å². The summed E-state index contributed by atoms with van der Waals surface area (Å²) in [4.78, 5) is 17.0. The first-order chi connectivity index (χ1) is 12.0. The average molecular weight is 344 g/mol. The van der Waals surface area contributed by atoms with Crippen molar-refractivity contribution in [3.05, 3.63) is 59.8 Å². The molecule has 134 valence electrons. The van der Waals surface area contributed by atoms with Crippen LogP contribution < -0.4 is 0 Å². The van der Waals surface area contributed by atoms with Crippen LogP contribution in [0.1, 0.15) is 31.6 Å². The van der Waals surface area contributed by atoms with Crippen molar-refractivity contribution in [1.82, 2.24) is 9.80 Å². The molecule has 0 aliphatic carbocycles. The van der Waals surface area contributed by atoms with Crippen LogP contribution in [0.15, 0.2) is 47.1 Å². The van der Waals surface area contributed by atoms with E-state index in [1.807, 2.05) is 17.0 Å². The van der Waals surface area contributed by atoms with Gasteiger partial charge in [0.15, 0.2) is 0 Å². The molecule has 1 saturated heterocycles. The van der Waals surface area contributed by atoms with E-state index in [2.05, 4.69) is 18.7 Å². The van der Waals surface area contributed by atoms with E-state index in [1.165, 1.54) is 12.1 Å². The fourth-order valence-corrected chi connectivity index (χ4v) is 3.37. The predicted molar refractivity (Wildman–Crippen MR) is 94.2 cm³/mol. The van der Waals surface area contributed by atoms with Crippen molar-refractivity contribution in [2.24, 2.45) is 5.92 Å². The standard InChI is InChI=1S/C20H25FN2O2/c1-15(2)19-14-22(13-18-4-3-11-25-18)10-9-20(24)23(19)12-16-5-7-17(21)8-6-16/h3-8,11,15,19H,9-10,12-14H2,1-2H3. The van der Waals surface area contributed by atoms with Crippen molar-refractivity contribution >= 4 is 5.91 Å². The van der Waals surface area contributed by atoms with E-state index in [-0.39, 0.29) is 17.8 Å². The monoisotopic (exact) mass is 344 g/mol. The fraction of sp³-hybridized carbons (Fsp3) is 0.450. The lowest BCUT2D eigenvalue weighted by Crippen LogP contribution is -2.45. The maximum atomic E-state index is 13.1. The molecule has 0 bridgehead atoms. The summed E-state index contributed by atoms with van der Waals surface area (Å²) in [5.41, 5.74) is 0.958. The predicted octanol–water partition coefficient (Wildman–Crippen LogP) is 3.68. The number of amides is 1. The molecule has 1 aromatic heterocycles. The largest absolute Gasteiger partial charge is 0.468 e. The first kappa shape index (κ1) is 17.7. The maximum absolute atomic E-state index is 13.1. The minimum Gasteiger partial charge on any atom is -0.468 e. The number of carbonyl (C=O) groups excluding carboxylic acids is 1. The third-order valence-electron chi connectivity index (χ3n) is 4.80. The minimum atomic E-state index is -0.254. The molecule has 0 spiro atoms. The molecule has 1 fully saturated rings. The molecule has 1 atom stereocenters. The van der Waals surface area contributed by atoms with Gasteiger partial charge in [-0.25, -0.2) is 4.39 Å². The molecule has 1 aromatic carbocycles. The smallest absolute Gasteiger partial charge is 0.224 e. The van der Waals surface area contributed by atoms with E-state index in [0.29, 0.717) is 25.4 Å². The quantitative estimate of drug-likeness (QED) is 0.830. The number of carbonyl (C=O) groups is 1. The van der Waals surface area contributed by atoms with Crippen LogP contribution in [-0.4, -0.2) is 34.8 Å². The molecule has 0 N–H and O–H groups in total. The summed E-state index contributed by atoms with van der Waals surface area (Å²) in [6.45, 7) is 7.07. The lowest BCUT2D eigenvalue weighted by molar-refractivity contribution is -0.134. The van der Waals surface area contributed by atoms with Gasteiger partial charge in [-0.1, -0.05) is 26.0 Å². The van der Waals surface area contributed by atoms with E-state index in [1.54, 1.807) is 18.4 Å². The molecule has 1 unspecified atom stereocenters. The number of halogens is 1. The highest BCUT2D eigenvalue weighted by Gasteiger charge is 2.31. The highest BCUT2D eigenvalue weighted by atomic mass is 19.1. The lowest BCUT2D eigenvalue weighted by atomic mass is 10.0. The van der Waals surface area contributed by atoms with Gasteiger partial charge in [0, 0.05) is 32.1 Å². The topological polar surface area (TPSA) is 36.7 Å². The van der Waals surface area contributed by atoms with Crippen LogP contribution in [0.5, 0.6) is 0 Å². The summed E-state index contributed by atoms with van der Waals surface area (Å²) in [5.74, 6) is 1.16. The van der Waals surface area contributed by atoms with Gasteiger partial charge in [-0.3, -0.25) is 9.69 Å². The molecule has 0 radical (unpaired) electrons. The molecule has 5 heteroatoms. The van der Waals surface area contributed by atoms with Crippen LogP contribution >= 0.6 is 0 Å². The van der Waals surface area contributed by atoms with Gasteiger partial charge < -0.3 is 9.32 Å². The van der Waals surface area contributed by atoms with Crippen LogP contribution in [0.25, 0.3) is 0 Å². The molecule has 1 aliphatic heterocycles. The number of furan rings is 1. The van der Waals surface area contributed by atoms with Crippen LogP contribution in [0.4, 0.5) is 4.39 Å². The Kier molecular flexibility index (Phi) is 5.53. The molecule has 2 heterocycles. The summed E-state index contributed by atoms with van der Waals surface area (Å²) in [7, 11) is 0. The van der Waals surface area contributed by atoms with Gasteiger partial charge in [0.2, 0.25) is 5.91 Å². The SMILES string of the molecule is CC(C)C1CN(Cc2ccco2)CCC(=O)N1Cc1ccc(F)cc1. The number of rotatable bonds is 5. The summed E-state index contributed by atoms with van der Waals surface area (Å²) < 4.78 is 18.6. The number of hydrogen-bond donors (Lipinski definition) is 0. The third-order valence-corrected chi connectivity index (χ3v) is 4.80. The van der Waals surface area contributed by atoms with Crippen LogP contribution in [0.2, 0.25) is 0 Å². The van der Waals surface area contributed by atoms with Crippen LogP contribution in [0.3, 0.4) is 0 Å². The second-order valence-electron chi connectivity index (χ2n) is 7.02. The van der Waals surface area contributed by atoms with E-state index >= 15 is 0 Å². The average Bonchev–Trinajstić information content (AvgIpc) is 3.04. The zero-order valence-electron chi connectivity index (χ0n) is 14.8. The highest BCUT2D eigenvalue weighted by Crippen LogP contribution is 2.22. The zero-order chi connectivity index (χ0) is 17.8. The van der Waals surface area contributed by atoms with Crippen molar-refractivity contribution < 1.29 is 13.6 Å². The van der Waals surface area contributed by atoms with E-state index < -0.39 is 0 Å². The fourth-order valence-electron chi connectivity index (χ4n) is 3.37. The minimum absolute atomic E-state index is 0.120. The van der Waals surface area contributed by atoms with Gasteiger partial charge in [-0.05, 0) is 35.7 Å². The Labute approximate surface area is 148 Å². The molecule has 1 amide bonds. The Bertz CT molecular complexity index is 682. The molecule has 3 rings (SSSR count). The normalized spacial score (nSPS) is 19.4.